The Hall–Kier alpha value is -2.44. The minimum absolute atomic E-state index is 0.302. The van der Waals surface area contributed by atoms with E-state index in [4.69, 9.17) is 0 Å². The summed E-state index contributed by atoms with van der Waals surface area (Å²) in [6.07, 6.45) is 3.63. The fourth-order valence-electron chi connectivity index (χ4n) is 4.21. The molecule has 154 valence electrons. The van der Waals surface area contributed by atoms with Crippen LogP contribution in [0.25, 0.3) is 0 Å². The maximum absolute atomic E-state index is 12.0. The van der Waals surface area contributed by atoms with Crippen molar-refractivity contribution in [1.82, 2.24) is 15.1 Å². The molecule has 3 rings (SSSR count). The molecule has 2 N–H and O–H groups in total. The number of anilines is 1. The van der Waals surface area contributed by atoms with E-state index in [2.05, 4.69) is 31.9 Å². The molecule has 1 amide bonds. The lowest BCUT2D eigenvalue weighted by molar-refractivity contribution is -0.129. The van der Waals surface area contributed by atoms with Gasteiger partial charge in [-0.05, 0) is 31.4 Å². The Balaban J connectivity index is 1.47. The smallest absolute Gasteiger partial charge is 0.222 e. The molecule has 2 aliphatic heterocycles. The van der Waals surface area contributed by atoms with E-state index in [1.54, 1.807) is 6.07 Å². The van der Waals surface area contributed by atoms with Crippen molar-refractivity contribution in [2.75, 3.05) is 51.2 Å². The predicted molar refractivity (Wildman–Crippen MR) is 113 cm³/mol. The van der Waals surface area contributed by atoms with Crippen LogP contribution in [0.5, 0.6) is 5.75 Å². The Morgan fingerprint density at radius 1 is 1.21 bits per heavy atom. The van der Waals surface area contributed by atoms with Crippen LogP contribution in [-0.4, -0.2) is 79.1 Å². The third kappa shape index (κ3) is 4.69. The second-order valence-corrected chi connectivity index (χ2v) is 7.48. The van der Waals surface area contributed by atoms with E-state index in [9.17, 15) is 9.90 Å². The molecular formula is C21H33N5O2. The molecule has 1 aromatic rings. The molecule has 0 aliphatic carbocycles. The number of carbonyl (C=O) groups excluding carboxylic acids is 1. The molecule has 28 heavy (non-hydrogen) atoms. The number of aliphatic imine (C=N–C) groups is 1. The zero-order valence-corrected chi connectivity index (χ0v) is 17.1. The number of aromatic hydroxyl groups is 1. The van der Waals surface area contributed by atoms with Gasteiger partial charge in [-0.1, -0.05) is 19.1 Å². The van der Waals surface area contributed by atoms with E-state index in [1.165, 1.54) is 0 Å². The van der Waals surface area contributed by atoms with Crippen LogP contribution in [0.15, 0.2) is 29.3 Å². The largest absolute Gasteiger partial charge is 0.506 e. The Labute approximate surface area is 168 Å². The number of piperazine rings is 1. The highest BCUT2D eigenvalue weighted by atomic mass is 16.3. The number of likely N-dealkylation sites (tertiary alicyclic amines) is 1. The monoisotopic (exact) mass is 387 g/mol. The first-order valence-corrected chi connectivity index (χ1v) is 10.4. The molecule has 0 radical (unpaired) electrons. The lowest BCUT2D eigenvalue weighted by atomic mass is 10.1. The Bertz CT molecular complexity index is 685. The molecule has 1 aromatic carbocycles. The Kier molecular flexibility index (Phi) is 7.01. The molecule has 0 saturated carbocycles. The Morgan fingerprint density at radius 3 is 2.57 bits per heavy atom. The molecule has 2 saturated heterocycles. The van der Waals surface area contributed by atoms with Gasteiger partial charge in [-0.25, -0.2) is 0 Å². The Morgan fingerprint density at radius 2 is 1.96 bits per heavy atom. The number of rotatable bonds is 6. The number of phenols is 1. The summed E-state index contributed by atoms with van der Waals surface area (Å²) < 4.78 is 0. The molecule has 2 aliphatic rings. The van der Waals surface area contributed by atoms with Gasteiger partial charge in [-0.3, -0.25) is 9.79 Å². The maximum Gasteiger partial charge on any atom is 0.222 e. The highest BCUT2D eigenvalue weighted by Crippen LogP contribution is 2.27. The second-order valence-electron chi connectivity index (χ2n) is 7.48. The van der Waals surface area contributed by atoms with Crippen molar-refractivity contribution in [2.45, 2.75) is 38.6 Å². The van der Waals surface area contributed by atoms with Gasteiger partial charge in [0, 0.05) is 58.8 Å². The van der Waals surface area contributed by atoms with Crippen LogP contribution in [0.2, 0.25) is 0 Å². The molecule has 2 fully saturated rings. The normalized spacial score (nSPS) is 19.3. The van der Waals surface area contributed by atoms with Crippen LogP contribution in [0.4, 0.5) is 5.69 Å². The number of hydrogen-bond donors (Lipinski definition) is 2. The number of para-hydroxylation sites is 2. The van der Waals surface area contributed by atoms with E-state index in [0.717, 1.165) is 70.2 Å². The number of nitrogens with one attached hydrogen (secondary N) is 1. The molecule has 0 aromatic heterocycles. The van der Waals surface area contributed by atoms with Crippen molar-refractivity contribution < 1.29 is 9.90 Å². The molecule has 1 unspecified atom stereocenters. The van der Waals surface area contributed by atoms with Crippen molar-refractivity contribution in [3.8, 4) is 5.75 Å². The fraction of sp³-hybridized carbons (Fsp3) is 0.619. The van der Waals surface area contributed by atoms with Gasteiger partial charge < -0.3 is 25.1 Å². The summed E-state index contributed by atoms with van der Waals surface area (Å²) in [7, 11) is 1.82. The summed E-state index contributed by atoms with van der Waals surface area (Å²) in [6.45, 7) is 7.28. The van der Waals surface area contributed by atoms with Gasteiger partial charge in [-0.15, -0.1) is 0 Å². The van der Waals surface area contributed by atoms with E-state index in [0.29, 0.717) is 24.1 Å². The van der Waals surface area contributed by atoms with Crippen molar-refractivity contribution in [3.05, 3.63) is 24.3 Å². The predicted octanol–water partition coefficient (Wildman–Crippen LogP) is 1.88. The van der Waals surface area contributed by atoms with Crippen LogP contribution >= 0.6 is 0 Å². The van der Waals surface area contributed by atoms with E-state index >= 15 is 0 Å². The van der Waals surface area contributed by atoms with Gasteiger partial charge in [0.1, 0.15) is 5.75 Å². The fourth-order valence-corrected chi connectivity index (χ4v) is 4.21. The zero-order valence-electron chi connectivity index (χ0n) is 17.1. The molecule has 0 bridgehead atoms. The summed E-state index contributed by atoms with van der Waals surface area (Å²) in [5.74, 6) is 1.55. The van der Waals surface area contributed by atoms with Gasteiger partial charge in [0.2, 0.25) is 5.91 Å². The van der Waals surface area contributed by atoms with Crippen molar-refractivity contribution in [1.29, 1.82) is 0 Å². The van der Waals surface area contributed by atoms with Crippen LogP contribution in [0.3, 0.4) is 0 Å². The van der Waals surface area contributed by atoms with Crippen molar-refractivity contribution in [2.24, 2.45) is 4.99 Å². The molecule has 7 nitrogen and oxygen atoms in total. The number of hydrogen-bond acceptors (Lipinski definition) is 4. The van der Waals surface area contributed by atoms with Crippen molar-refractivity contribution in [3.63, 3.8) is 0 Å². The van der Waals surface area contributed by atoms with Crippen LogP contribution in [0, 0.1) is 0 Å². The molecule has 2 heterocycles. The molecular weight excluding hydrogens is 354 g/mol. The minimum atomic E-state index is 0.302. The first-order chi connectivity index (χ1) is 13.6. The summed E-state index contributed by atoms with van der Waals surface area (Å²) in [4.78, 5) is 23.0. The maximum atomic E-state index is 12.0. The summed E-state index contributed by atoms with van der Waals surface area (Å²) in [5, 5.41) is 13.5. The first-order valence-electron chi connectivity index (χ1n) is 10.4. The highest BCUT2D eigenvalue weighted by molar-refractivity contribution is 5.80. The second kappa shape index (κ2) is 9.66. The van der Waals surface area contributed by atoms with Gasteiger partial charge >= 0.3 is 0 Å². The van der Waals surface area contributed by atoms with Gasteiger partial charge in [0.15, 0.2) is 5.96 Å². The topological polar surface area (TPSA) is 71.4 Å². The van der Waals surface area contributed by atoms with Gasteiger partial charge in [0.25, 0.3) is 0 Å². The highest BCUT2D eigenvalue weighted by Gasteiger charge is 2.27. The molecule has 0 spiro atoms. The zero-order chi connectivity index (χ0) is 19.9. The summed E-state index contributed by atoms with van der Waals surface area (Å²) >= 11 is 0. The summed E-state index contributed by atoms with van der Waals surface area (Å²) in [6, 6.07) is 7.82. The standard InChI is InChI=1S/C21H33N5O2/c1-3-17(26-12-6-9-20(26)28)10-11-23-21(22-2)25-15-13-24(14-16-25)18-7-4-5-8-19(18)27/h4-5,7-8,17,27H,3,6,9-16H2,1-2H3,(H,22,23). The third-order valence-electron chi connectivity index (χ3n) is 5.80. The third-order valence-corrected chi connectivity index (χ3v) is 5.80. The van der Waals surface area contributed by atoms with Gasteiger partial charge in [-0.2, -0.15) is 0 Å². The van der Waals surface area contributed by atoms with E-state index in [1.807, 2.05) is 25.2 Å². The van der Waals surface area contributed by atoms with E-state index in [-0.39, 0.29) is 0 Å². The molecule has 1 atom stereocenters. The lowest BCUT2D eigenvalue weighted by Gasteiger charge is -2.38. The number of amides is 1. The average molecular weight is 388 g/mol. The average Bonchev–Trinajstić information content (AvgIpc) is 3.15. The van der Waals surface area contributed by atoms with Crippen LogP contribution in [-0.2, 0) is 4.79 Å². The first kappa shape index (κ1) is 20.3. The number of benzene rings is 1. The number of carbonyl (C=O) groups is 1. The number of phenolic OH excluding ortho intramolecular Hbond substituents is 1. The quantitative estimate of drug-likeness (QED) is 0.576. The SMILES string of the molecule is CCC(CCNC(=NC)N1CCN(c2ccccc2O)CC1)N1CCCC1=O. The van der Waals surface area contributed by atoms with Crippen LogP contribution < -0.4 is 10.2 Å². The number of guanidine groups is 1. The van der Waals surface area contributed by atoms with Crippen LogP contribution in [0.1, 0.15) is 32.6 Å². The molecule has 7 heteroatoms. The number of nitrogens with zero attached hydrogens (tertiary/aromatic N) is 4. The van der Waals surface area contributed by atoms with Crippen molar-refractivity contribution >= 4 is 17.6 Å². The lowest BCUT2D eigenvalue weighted by Crippen LogP contribution is -2.53. The minimum Gasteiger partial charge on any atom is -0.506 e. The van der Waals surface area contributed by atoms with E-state index < -0.39 is 0 Å². The summed E-state index contributed by atoms with van der Waals surface area (Å²) in [5.41, 5.74) is 0.895. The van der Waals surface area contributed by atoms with Gasteiger partial charge in [0.05, 0.1) is 5.69 Å².